The second-order valence-electron chi connectivity index (χ2n) is 13.4. The minimum absolute atomic E-state index is 0.0565. The predicted octanol–water partition coefficient (Wildman–Crippen LogP) is 6.34. The number of fused-ring (bicyclic) bond motifs is 1. The molecule has 50 heavy (non-hydrogen) atoms. The molecule has 3 aromatic rings. The molecule has 3 heterocycles. The normalized spacial score (nSPS) is 23.7. The minimum Gasteiger partial charge on any atom is -0.481 e. The number of carboxylic acids is 1. The Labute approximate surface area is 297 Å². The minimum atomic E-state index is -4.26. The lowest BCUT2D eigenvalue weighted by Crippen LogP contribution is -2.52. The van der Waals surface area contributed by atoms with Gasteiger partial charge in [-0.2, -0.15) is 13.2 Å². The number of nitrogens with zero attached hydrogens (tertiary/aromatic N) is 3. The van der Waals surface area contributed by atoms with Gasteiger partial charge in [-0.15, -0.1) is 0 Å². The number of ether oxygens (including phenoxy) is 1. The van der Waals surface area contributed by atoms with E-state index < -0.39 is 24.6 Å². The van der Waals surface area contributed by atoms with E-state index in [1.807, 2.05) is 0 Å². The smallest absolute Gasteiger partial charge is 0.401 e. The highest BCUT2D eigenvalue weighted by Crippen LogP contribution is 2.33. The van der Waals surface area contributed by atoms with E-state index >= 15 is 0 Å². The average Bonchev–Trinajstić information content (AvgIpc) is 3.71. The van der Waals surface area contributed by atoms with Crippen LogP contribution < -0.4 is 5.32 Å². The van der Waals surface area contributed by atoms with Crippen molar-refractivity contribution in [1.29, 1.82) is 0 Å². The molecule has 2 amide bonds. The van der Waals surface area contributed by atoms with Crippen LogP contribution in [0.4, 0.5) is 18.9 Å². The van der Waals surface area contributed by atoms with Crippen LogP contribution in [-0.4, -0.2) is 108 Å². The number of carboxylic acid groups (broad SMARTS) is 1. The molecule has 6 rings (SSSR count). The first kappa shape index (κ1) is 36.4. The number of furan rings is 1. The van der Waals surface area contributed by atoms with Gasteiger partial charge < -0.3 is 24.5 Å². The monoisotopic (exact) mass is 738 g/mol. The van der Waals surface area contributed by atoms with Crippen molar-refractivity contribution >= 4 is 57.6 Å². The number of amides is 2. The Kier molecular flexibility index (Phi) is 11.3. The molecule has 0 bridgehead atoms. The molecule has 1 aromatic heterocycles. The zero-order valence-corrected chi connectivity index (χ0v) is 28.8. The largest absolute Gasteiger partial charge is 0.481 e. The quantitative estimate of drug-likeness (QED) is 0.248. The Balaban J connectivity index is 1.12. The summed E-state index contributed by atoms with van der Waals surface area (Å²) < 4.78 is 50.6. The van der Waals surface area contributed by atoms with E-state index in [9.17, 15) is 32.7 Å². The molecule has 2 aliphatic heterocycles. The third-order valence-electron chi connectivity index (χ3n) is 10.0. The molecule has 15 heteroatoms. The van der Waals surface area contributed by atoms with Crippen molar-refractivity contribution in [1.82, 2.24) is 14.7 Å². The van der Waals surface area contributed by atoms with Crippen LogP contribution in [0.25, 0.3) is 11.0 Å². The van der Waals surface area contributed by atoms with Crippen molar-refractivity contribution in [3.8, 4) is 0 Å². The Hall–Kier alpha value is -3.36. The first-order valence-corrected chi connectivity index (χ1v) is 17.5. The second kappa shape index (κ2) is 15.5. The maximum absolute atomic E-state index is 13.9. The summed E-state index contributed by atoms with van der Waals surface area (Å²) in [5.41, 5.74) is 1.65. The van der Waals surface area contributed by atoms with Crippen LogP contribution in [0.1, 0.15) is 48.0 Å². The van der Waals surface area contributed by atoms with Gasteiger partial charge in [-0.1, -0.05) is 41.4 Å². The standard InChI is InChI=1S/C35H39Cl2F3N4O6/c36-28-16-30(41-33(46)27-19-50-31-4-2-1-3-26(27)31)29(37)13-22(28)14-32(45)44-17-23(43-11-9-42(10-12-43)20-35(38,39)40)15-24(44)18-49-25-7-5-21(6-8-25)34(47)48/h1-4,13,16,19,21,23-25H,5-12,14-15,17-18,20H2,(H,41,46)(H,47,48)/t21?,23-,24-,25?/m0/s1. The van der Waals surface area contributed by atoms with Gasteiger partial charge >= 0.3 is 12.1 Å². The summed E-state index contributed by atoms with van der Waals surface area (Å²) in [6.07, 6.45) is -0.152. The number of para-hydroxylation sites is 1. The zero-order chi connectivity index (χ0) is 35.6. The molecule has 1 saturated carbocycles. The highest BCUT2D eigenvalue weighted by Gasteiger charge is 2.41. The van der Waals surface area contributed by atoms with E-state index in [0.717, 1.165) is 0 Å². The van der Waals surface area contributed by atoms with E-state index in [1.54, 1.807) is 35.2 Å². The molecule has 0 unspecified atom stereocenters. The molecule has 2 aromatic carbocycles. The lowest BCUT2D eigenvalue weighted by molar-refractivity contribution is -0.150. The van der Waals surface area contributed by atoms with Gasteiger partial charge in [0, 0.05) is 49.2 Å². The first-order chi connectivity index (χ1) is 23.8. The van der Waals surface area contributed by atoms with Gasteiger partial charge in [-0.05, 0) is 55.9 Å². The predicted molar refractivity (Wildman–Crippen MR) is 182 cm³/mol. The second-order valence-corrected chi connectivity index (χ2v) is 14.2. The van der Waals surface area contributed by atoms with Crippen LogP contribution >= 0.6 is 23.2 Å². The maximum atomic E-state index is 13.9. The molecule has 270 valence electrons. The number of likely N-dealkylation sites (tertiary alicyclic amines) is 1. The molecule has 10 nitrogen and oxygen atoms in total. The molecule has 1 aliphatic carbocycles. The number of carbonyl (C=O) groups excluding carboxylic acids is 2. The van der Waals surface area contributed by atoms with Gasteiger partial charge in [0.05, 0.1) is 53.9 Å². The van der Waals surface area contributed by atoms with Crippen LogP contribution in [0.2, 0.25) is 10.0 Å². The van der Waals surface area contributed by atoms with Gasteiger partial charge in [0.15, 0.2) is 0 Å². The zero-order valence-electron chi connectivity index (χ0n) is 27.3. The van der Waals surface area contributed by atoms with E-state index in [1.165, 1.54) is 17.2 Å². The SMILES string of the molecule is O=C(Nc1cc(Cl)c(CC(=O)N2C[C@@H](N3CCN(CC(F)(F)F)CC3)C[C@H]2COC2CCC(C(=O)O)CC2)cc1Cl)c1coc2ccccc12. The summed E-state index contributed by atoms with van der Waals surface area (Å²) in [4.78, 5) is 43.7. The lowest BCUT2D eigenvalue weighted by atomic mass is 9.87. The van der Waals surface area contributed by atoms with E-state index in [-0.39, 0.29) is 71.9 Å². The van der Waals surface area contributed by atoms with Crippen molar-refractivity contribution < 1.29 is 41.8 Å². The summed E-state index contributed by atoms with van der Waals surface area (Å²) in [5.74, 6) is -1.80. The summed E-state index contributed by atoms with van der Waals surface area (Å²) in [5, 5.41) is 13.2. The van der Waals surface area contributed by atoms with Crippen molar-refractivity contribution in [2.24, 2.45) is 5.92 Å². The van der Waals surface area contributed by atoms with Crippen LogP contribution in [0.15, 0.2) is 47.1 Å². The Bertz CT molecular complexity index is 1710. The van der Waals surface area contributed by atoms with Crippen LogP contribution in [0, 0.1) is 5.92 Å². The molecular weight excluding hydrogens is 700 g/mol. The number of aliphatic carboxylic acids is 1. The Morgan fingerprint density at radius 1 is 1.00 bits per heavy atom. The third kappa shape index (κ3) is 8.74. The number of hydrogen-bond acceptors (Lipinski definition) is 7. The van der Waals surface area contributed by atoms with E-state index in [2.05, 4.69) is 10.2 Å². The van der Waals surface area contributed by atoms with Crippen LogP contribution in [0.5, 0.6) is 0 Å². The molecule has 2 atom stereocenters. The van der Waals surface area contributed by atoms with Crippen molar-refractivity contribution in [2.75, 3.05) is 51.2 Å². The number of nitrogens with one attached hydrogen (secondary N) is 1. The lowest BCUT2D eigenvalue weighted by Gasteiger charge is -2.38. The average molecular weight is 740 g/mol. The molecule has 0 radical (unpaired) electrons. The number of anilines is 1. The maximum Gasteiger partial charge on any atom is 0.401 e. The third-order valence-corrected chi connectivity index (χ3v) is 10.7. The number of halogens is 5. The molecule has 3 aliphatic rings. The Morgan fingerprint density at radius 2 is 1.72 bits per heavy atom. The fraction of sp³-hybridized carbons (Fsp3) is 0.514. The summed E-state index contributed by atoms with van der Waals surface area (Å²) in [6, 6.07) is 9.86. The van der Waals surface area contributed by atoms with Crippen molar-refractivity contribution in [3.05, 3.63) is 63.8 Å². The number of benzene rings is 2. The van der Waals surface area contributed by atoms with Gasteiger partial charge in [0.25, 0.3) is 5.91 Å². The summed E-state index contributed by atoms with van der Waals surface area (Å²) in [6.45, 7) is 1.19. The van der Waals surface area contributed by atoms with E-state index in [0.29, 0.717) is 73.8 Å². The fourth-order valence-corrected chi connectivity index (χ4v) is 7.77. The van der Waals surface area contributed by atoms with Crippen LogP contribution in [-0.2, 0) is 20.7 Å². The fourth-order valence-electron chi connectivity index (χ4n) is 7.31. The first-order valence-electron chi connectivity index (χ1n) is 16.8. The van der Waals surface area contributed by atoms with Crippen LogP contribution in [0.3, 0.4) is 0 Å². The molecule has 0 spiro atoms. The van der Waals surface area contributed by atoms with Gasteiger partial charge in [-0.3, -0.25) is 24.2 Å². The number of carbonyl (C=O) groups is 3. The Morgan fingerprint density at radius 3 is 2.42 bits per heavy atom. The number of alkyl halides is 3. The number of piperazine rings is 1. The summed E-state index contributed by atoms with van der Waals surface area (Å²) in [7, 11) is 0. The highest BCUT2D eigenvalue weighted by molar-refractivity contribution is 6.36. The number of rotatable bonds is 10. The number of hydrogen-bond donors (Lipinski definition) is 2. The summed E-state index contributed by atoms with van der Waals surface area (Å²) >= 11 is 13.2. The molecule has 2 saturated heterocycles. The van der Waals surface area contributed by atoms with Crippen molar-refractivity contribution in [3.63, 3.8) is 0 Å². The van der Waals surface area contributed by atoms with Gasteiger partial charge in [0.2, 0.25) is 5.91 Å². The topological polar surface area (TPSA) is 116 Å². The van der Waals surface area contributed by atoms with Gasteiger partial charge in [0.1, 0.15) is 11.8 Å². The molecule has 3 fully saturated rings. The van der Waals surface area contributed by atoms with E-state index in [4.69, 9.17) is 32.4 Å². The van der Waals surface area contributed by atoms with Crippen molar-refractivity contribution in [2.45, 2.75) is 62.9 Å². The van der Waals surface area contributed by atoms with Gasteiger partial charge in [-0.25, -0.2) is 0 Å². The highest BCUT2D eigenvalue weighted by atomic mass is 35.5. The molecule has 2 N–H and O–H groups in total. The molecular formula is C35H39Cl2F3N4O6.